The smallest absolute Gasteiger partial charge is 0.273 e. The van der Waals surface area contributed by atoms with Gasteiger partial charge in [-0.15, -0.1) is 5.10 Å². The highest BCUT2D eigenvalue weighted by atomic mass is 16.3. The minimum absolute atomic E-state index is 0.0223. The Morgan fingerprint density at radius 2 is 2.18 bits per heavy atom. The van der Waals surface area contributed by atoms with Crippen molar-refractivity contribution in [3.05, 3.63) is 11.9 Å². The first kappa shape index (κ1) is 14.1. The van der Waals surface area contributed by atoms with Crippen LogP contribution in [0.25, 0.3) is 0 Å². The van der Waals surface area contributed by atoms with E-state index < -0.39 is 0 Å². The second kappa shape index (κ2) is 5.31. The average molecular weight is 305 g/mol. The van der Waals surface area contributed by atoms with Gasteiger partial charge in [0.1, 0.15) is 0 Å². The van der Waals surface area contributed by atoms with E-state index in [0.717, 1.165) is 31.8 Å². The molecule has 7 nitrogen and oxygen atoms in total. The number of hydrogen-bond donors (Lipinski definition) is 2. The van der Waals surface area contributed by atoms with Crippen molar-refractivity contribution in [2.75, 3.05) is 6.54 Å². The van der Waals surface area contributed by atoms with Gasteiger partial charge in [-0.25, -0.2) is 4.68 Å². The van der Waals surface area contributed by atoms with E-state index >= 15 is 0 Å². The van der Waals surface area contributed by atoms with E-state index in [1.807, 2.05) is 0 Å². The van der Waals surface area contributed by atoms with Crippen LogP contribution in [0.3, 0.4) is 0 Å². The van der Waals surface area contributed by atoms with Crippen LogP contribution < -0.4 is 5.32 Å². The molecule has 1 aromatic heterocycles. The molecule has 3 aliphatic rings. The van der Waals surface area contributed by atoms with E-state index in [4.69, 9.17) is 0 Å². The molecule has 0 spiro atoms. The van der Waals surface area contributed by atoms with Crippen molar-refractivity contribution in [1.29, 1.82) is 0 Å². The molecule has 2 heterocycles. The van der Waals surface area contributed by atoms with Crippen LogP contribution in [-0.2, 0) is 0 Å². The fourth-order valence-electron chi connectivity index (χ4n) is 3.65. The number of aliphatic hydroxyl groups excluding tert-OH is 1. The minimum Gasteiger partial charge on any atom is -0.391 e. The van der Waals surface area contributed by atoms with E-state index in [0.29, 0.717) is 11.7 Å². The second-order valence-electron chi connectivity index (χ2n) is 6.98. The first-order chi connectivity index (χ1) is 10.6. The second-order valence-corrected chi connectivity index (χ2v) is 6.98. The van der Waals surface area contributed by atoms with Gasteiger partial charge < -0.3 is 10.4 Å². The van der Waals surface area contributed by atoms with Crippen LogP contribution in [0.1, 0.15) is 55.6 Å². The van der Waals surface area contributed by atoms with Crippen LogP contribution >= 0.6 is 0 Å². The molecule has 4 atom stereocenters. The van der Waals surface area contributed by atoms with E-state index in [9.17, 15) is 9.90 Å². The van der Waals surface area contributed by atoms with Gasteiger partial charge in [0, 0.05) is 24.7 Å². The van der Waals surface area contributed by atoms with E-state index in [1.165, 1.54) is 12.8 Å². The monoisotopic (exact) mass is 305 g/mol. The fraction of sp³-hybridized carbons (Fsp3) is 0.800. The maximum Gasteiger partial charge on any atom is 0.273 e. The number of hydrogen-bond acceptors (Lipinski definition) is 5. The molecule has 3 fully saturated rings. The Labute approximate surface area is 129 Å². The topological polar surface area (TPSA) is 83.3 Å². The van der Waals surface area contributed by atoms with Crippen LogP contribution in [0, 0.1) is 0 Å². The molecule has 0 aromatic carbocycles. The molecule has 4 rings (SSSR count). The maximum absolute atomic E-state index is 12.3. The zero-order valence-corrected chi connectivity index (χ0v) is 12.9. The summed E-state index contributed by atoms with van der Waals surface area (Å²) in [7, 11) is 0. The molecule has 2 saturated carbocycles. The van der Waals surface area contributed by atoms with Crippen molar-refractivity contribution in [2.45, 2.75) is 69.3 Å². The molecule has 1 aromatic rings. The molecule has 7 heteroatoms. The van der Waals surface area contributed by atoms with Crippen LogP contribution in [0.15, 0.2) is 6.20 Å². The third-order valence-corrected chi connectivity index (χ3v) is 5.26. The Morgan fingerprint density at radius 1 is 1.36 bits per heavy atom. The number of nitrogens with one attached hydrogen (secondary N) is 1. The van der Waals surface area contributed by atoms with Gasteiger partial charge in [0.2, 0.25) is 0 Å². The number of rotatable bonds is 4. The first-order valence-electron chi connectivity index (χ1n) is 8.28. The maximum atomic E-state index is 12.3. The largest absolute Gasteiger partial charge is 0.391 e. The molecule has 0 radical (unpaired) electrons. The van der Waals surface area contributed by atoms with E-state index in [1.54, 1.807) is 10.9 Å². The summed E-state index contributed by atoms with van der Waals surface area (Å²) in [6.45, 7) is 3.17. The van der Waals surface area contributed by atoms with Gasteiger partial charge in [0.15, 0.2) is 5.69 Å². The lowest BCUT2D eigenvalue weighted by molar-refractivity contribution is 0.0244. The Morgan fingerprint density at radius 3 is 2.82 bits per heavy atom. The van der Waals surface area contributed by atoms with Crippen LogP contribution in [-0.4, -0.2) is 61.7 Å². The molecule has 1 saturated heterocycles. The summed E-state index contributed by atoms with van der Waals surface area (Å²) in [6, 6.07) is 1.45. The summed E-state index contributed by atoms with van der Waals surface area (Å²) in [5.74, 6) is -0.157. The van der Waals surface area contributed by atoms with Crippen LogP contribution in [0.5, 0.6) is 0 Å². The predicted molar refractivity (Wildman–Crippen MR) is 79.4 cm³/mol. The standard InChI is InChI=1S/C15H23N5O2/c1-9-6-10(7-19(9)11-2-3-11)16-15(22)12-8-20(18-17-12)13-4-5-14(13)21/h8-11,13-14,21H,2-7H2,1H3,(H,16,22)/t9?,10?,13-,14-/m1/s1. The van der Waals surface area contributed by atoms with Crippen molar-refractivity contribution in [3.8, 4) is 0 Å². The number of nitrogens with zero attached hydrogens (tertiary/aromatic N) is 4. The van der Waals surface area contributed by atoms with Gasteiger partial charge in [-0.1, -0.05) is 5.21 Å². The molecule has 1 amide bonds. The highest BCUT2D eigenvalue weighted by molar-refractivity contribution is 5.92. The molecule has 1 aliphatic heterocycles. The van der Waals surface area contributed by atoms with Crippen molar-refractivity contribution >= 4 is 5.91 Å². The van der Waals surface area contributed by atoms with Crippen LogP contribution in [0.4, 0.5) is 0 Å². The number of aliphatic hydroxyl groups is 1. The Bertz CT molecular complexity index is 570. The Balaban J connectivity index is 1.36. The zero-order valence-electron chi connectivity index (χ0n) is 12.9. The molecular formula is C15H23N5O2. The summed E-state index contributed by atoms with van der Waals surface area (Å²) < 4.78 is 1.62. The van der Waals surface area contributed by atoms with Gasteiger partial charge in [0.25, 0.3) is 5.91 Å². The minimum atomic E-state index is -0.361. The van der Waals surface area contributed by atoms with Gasteiger partial charge in [0.05, 0.1) is 18.3 Å². The summed E-state index contributed by atoms with van der Waals surface area (Å²) in [5, 5.41) is 20.7. The number of likely N-dealkylation sites (tertiary alicyclic amines) is 1. The lowest BCUT2D eigenvalue weighted by Crippen LogP contribution is -2.38. The van der Waals surface area contributed by atoms with Gasteiger partial charge in [-0.05, 0) is 39.0 Å². The molecule has 2 unspecified atom stereocenters. The van der Waals surface area contributed by atoms with Crippen molar-refractivity contribution in [3.63, 3.8) is 0 Å². The molecule has 22 heavy (non-hydrogen) atoms. The number of aromatic nitrogens is 3. The summed E-state index contributed by atoms with van der Waals surface area (Å²) in [4.78, 5) is 14.8. The SMILES string of the molecule is CC1CC(NC(=O)c2cn([C@@H]3CC[C@H]3O)nn2)CN1C1CC1. The summed E-state index contributed by atoms with van der Waals surface area (Å²) in [6.07, 6.45) is 6.56. The zero-order chi connectivity index (χ0) is 15.3. The highest BCUT2D eigenvalue weighted by Crippen LogP contribution is 2.33. The first-order valence-corrected chi connectivity index (χ1v) is 8.28. The van der Waals surface area contributed by atoms with Gasteiger partial charge >= 0.3 is 0 Å². The van der Waals surface area contributed by atoms with Gasteiger partial charge in [-0.3, -0.25) is 9.69 Å². The van der Waals surface area contributed by atoms with E-state index in [2.05, 4.69) is 27.5 Å². The third kappa shape index (κ3) is 2.52. The molecular weight excluding hydrogens is 282 g/mol. The average Bonchev–Trinajstić information content (AvgIpc) is 3.10. The summed E-state index contributed by atoms with van der Waals surface area (Å²) in [5.41, 5.74) is 0.344. The number of carbonyl (C=O) groups excluding carboxylic acids is 1. The number of amides is 1. The molecule has 120 valence electrons. The predicted octanol–water partition coefficient (Wildman–Crippen LogP) is 0.329. The molecule has 2 N–H and O–H groups in total. The van der Waals surface area contributed by atoms with E-state index in [-0.39, 0.29) is 24.1 Å². The highest BCUT2D eigenvalue weighted by Gasteiger charge is 2.39. The lowest BCUT2D eigenvalue weighted by Gasteiger charge is -2.31. The fourth-order valence-corrected chi connectivity index (χ4v) is 3.65. The molecule has 2 aliphatic carbocycles. The molecule has 0 bridgehead atoms. The van der Waals surface area contributed by atoms with Gasteiger partial charge in [-0.2, -0.15) is 0 Å². The van der Waals surface area contributed by atoms with Crippen molar-refractivity contribution in [1.82, 2.24) is 25.2 Å². The quantitative estimate of drug-likeness (QED) is 0.837. The van der Waals surface area contributed by atoms with Crippen LogP contribution in [0.2, 0.25) is 0 Å². The Hall–Kier alpha value is -1.47. The van der Waals surface area contributed by atoms with Crippen molar-refractivity contribution < 1.29 is 9.90 Å². The van der Waals surface area contributed by atoms with Crippen molar-refractivity contribution in [2.24, 2.45) is 0 Å². The Kier molecular flexibility index (Phi) is 3.41. The number of carbonyl (C=O) groups is 1. The summed E-state index contributed by atoms with van der Waals surface area (Å²) >= 11 is 0. The normalized spacial score (nSPS) is 35.4. The lowest BCUT2D eigenvalue weighted by atomic mass is 9.89. The third-order valence-electron chi connectivity index (χ3n) is 5.26.